The van der Waals surface area contributed by atoms with Crippen LogP contribution in [0.3, 0.4) is 0 Å². The number of aryl methyl sites for hydroxylation is 1. The largest absolute Gasteiger partial charge is 0.474 e. The van der Waals surface area contributed by atoms with Crippen LogP contribution in [0, 0.1) is 5.41 Å². The Hall–Kier alpha value is -3.25. The van der Waals surface area contributed by atoms with Crippen molar-refractivity contribution in [2.24, 2.45) is 5.41 Å². The van der Waals surface area contributed by atoms with Crippen molar-refractivity contribution >= 4 is 11.2 Å². The van der Waals surface area contributed by atoms with Crippen LogP contribution in [0.25, 0.3) is 22.4 Å². The Labute approximate surface area is 193 Å². The third kappa shape index (κ3) is 3.23. The fraction of sp³-hybridized carbons (Fsp3) is 0.370. The van der Waals surface area contributed by atoms with Gasteiger partial charge in [-0.05, 0) is 61.4 Å². The average molecular weight is 438 g/mol. The van der Waals surface area contributed by atoms with E-state index in [1.807, 2.05) is 18.3 Å². The van der Waals surface area contributed by atoms with Crippen molar-refractivity contribution in [3.8, 4) is 17.1 Å². The minimum Gasteiger partial charge on any atom is -0.474 e. The fourth-order valence-corrected chi connectivity index (χ4v) is 6.01. The predicted molar refractivity (Wildman–Crippen MR) is 127 cm³/mol. The second-order valence-corrected chi connectivity index (χ2v) is 9.86. The molecule has 6 heteroatoms. The van der Waals surface area contributed by atoms with E-state index >= 15 is 0 Å². The Morgan fingerprint density at radius 3 is 2.79 bits per heavy atom. The first kappa shape index (κ1) is 19.2. The number of nitrogens with one attached hydrogen (secondary N) is 1. The van der Waals surface area contributed by atoms with Crippen LogP contribution in [0.4, 0.5) is 0 Å². The summed E-state index contributed by atoms with van der Waals surface area (Å²) in [5, 5.41) is 3.49. The van der Waals surface area contributed by atoms with Crippen LogP contribution in [0.2, 0.25) is 0 Å². The first-order valence-electron chi connectivity index (χ1n) is 12.0. The SMILES string of the molecule is c1ccc([C@H]2CCc3nc4ccc(-c5ccnc(OC6CC7(CCNC7)C6)c5)nc4n32)cc1. The molecule has 1 N–H and O–H groups in total. The number of aromatic nitrogens is 4. The van der Waals surface area contributed by atoms with E-state index in [2.05, 4.69) is 57.3 Å². The molecule has 2 fully saturated rings. The zero-order chi connectivity index (χ0) is 21.8. The van der Waals surface area contributed by atoms with Crippen LogP contribution in [0.5, 0.6) is 5.88 Å². The zero-order valence-electron chi connectivity index (χ0n) is 18.6. The lowest BCUT2D eigenvalue weighted by atomic mass is 9.66. The van der Waals surface area contributed by atoms with E-state index in [1.165, 1.54) is 12.0 Å². The molecule has 1 saturated heterocycles. The van der Waals surface area contributed by atoms with Crippen LogP contribution >= 0.6 is 0 Å². The first-order chi connectivity index (χ1) is 16.3. The molecular weight excluding hydrogens is 410 g/mol. The van der Waals surface area contributed by atoms with Crippen molar-refractivity contribution in [1.82, 2.24) is 24.8 Å². The lowest BCUT2D eigenvalue weighted by Crippen LogP contribution is -2.45. The number of hydrogen-bond acceptors (Lipinski definition) is 5. The predicted octanol–water partition coefficient (Wildman–Crippen LogP) is 4.55. The maximum Gasteiger partial charge on any atom is 0.214 e. The molecule has 3 aliphatic rings. The van der Waals surface area contributed by atoms with Crippen LogP contribution in [-0.2, 0) is 6.42 Å². The topological polar surface area (TPSA) is 64.9 Å². The van der Waals surface area contributed by atoms with Gasteiger partial charge in [0.2, 0.25) is 5.88 Å². The molecule has 1 aliphatic carbocycles. The average Bonchev–Trinajstić information content (AvgIpc) is 3.55. The fourth-order valence-electron chi connectivity index (χ4n) is 6.01. The normalized spacial score (nSPS) is 25.9. The van der Waals surface area contributed by atoms with E-state index in [4.69, 9.17) is 14.7 Å². The zero-order valence-corrected chi connectivity index (χ0v) is 18.6. The molecular formula is C27H27N5O. The third-order valence-corrected chi connectivity index (χ3v) is 7.72. The summed E-state index contributed by atoms with van der Waals surface area (Å²) in [4.78, 5) is 14.4. The van der Waals surface area contributed by atoms with Crippen molar-refractivity contribution in [3.05, 3.63) is 72.2 Å². The molecule has 5 heterocycles. The lowest BCUT2D eigenvalue weighted by molar-refractivity contribution is -0.00380. The number of imidazole rings is 1. The summed E-state index contributed by atoms with van der Waals surface area (Å²) in [5.74, 6) is 1.82. The maximum atomic E-state index is 6.24. The Balaban J connectivity index is 1.18. The first-order valence-corrected chi connectivity index (χ1v) is 12.0. The smallest absolute Gasteiger partial charge is 0.214 e. The van der Waals surface area contributed by atoms with Crippen molar-refractivity contribution in [1.29, 1.82) is 0 Å². The van der Waals surface area contributed by atoms with Crippen molar-refractivity contribution < 1.29 is 4.74 Å². The Morgan fingerprint density at radius 1 is 1.03 bits per heavy atom. The monoisotopic (exact) mass is 437 g/mol. The van der Waals surface area contributed by atoms with E-state index in [0.717, 1.165) is 67.0 Å². The second kappa shape index (κ2) is 7.39. The molecule has 7 rings (SSSR count). The summed E-state index contributed by atoms with van der Waals surface area (Å²) in [6.07, 6.45) is 7.67. The number of hydrogen-bond donors (Lipinski definition) is 1. The number of pyridine rings is 2. The van der Waals surface area contributed by atoms with E-state index in [0.29, 0.717) is 17.3 Å². The Morgan fingerprint density at radius 2 is 1.94 bits per heavy atom. The highest BCUT2D eigenvalue weighted by molar-refractivity contribution is 5.77. The summed E-state index contributed by atoms with van der Waals surface area (Å²) >= 11 is 0. The molecule has 1 saturated carbocycles. The molecule has 1 atom stereocenters. The molecule has 1 spiro atoms. The van der Waals surface area contributed by atoms with E-state index in [1.54, 1.807) is 0 Å². The van der Waals surface area contributed by atoms with Crippen molar-refractivity contribution in [3.63, 3.8) is 0 Å². The molecule has 3 aromatic heterocycles. The van der Waals surface area contributed by atoms with Gasteiger partial charge in [-0.25, -0.2) is 15.0 Å². The van der Waals surface area contributed by atoms with Gasteiger partial charge in [-0.3, -0.25) is 0 Å². The summed E-state index contributed by atoms with van der Waals surface area (Å²) < 4.78 is 8.57. The third-order valence-electron chi connectivity index (χ3n) is 7.72. The van der Waals surface area contributed by atoms with Crippen LogP contribution < -0.4 is 10.1 Å². The molecule has 1 aromatic carbocycles. The van der Waals surface area contributed by atoms with Crippen LogP contribution in [0.15, 0.2) is 60.8 Å². The highest BCUT2D eigenvalue weighted by Gasteiger charge is 2.47. The summed E-state index contributed by atoms with van der Waals surface area (Å²) in [6, 6.07) is 19.2. The maximum absolute atomic E-state index is 6.24. The number of rotatable bonds is 4. The molecule has 2 aliphatic heterocycles. The summed E-state index contributed by atoms with van der Waals surface area (Å²) in [7, 11) is 0. The van der Waals surface area contributed by atoms with Crippen molar-refractivity contribution in [2.45, 2.75) is 44.2 Å². The molecule has 0 bridgehead atoms. The molecule has 6 nitrogen and oxygen atoms in total. The van der Waals surface area contributed by atoms with Crippen LogP contribution in [0.1, 0.15) is 43.1 Å². The second-order valence-electron chi connectivity index (χ2n) is 9.86. The standard InChI is InChI=1S/C27H27N5O/c1-2-4-18(5-3-1)23-8-9-24-30-22-7-6-21(31-26(22)32(23)24)19-10-12-29-25(14-19)33-20-15-27(16-20)11-13-28-17-27/h1-7,10,12,14,20,23,28H,8-9,11,13,15-17H2/t20?,23-,27?/m1/s1. The molecule has 4 aromatic rings. The quantitative estimate of drug-likeness (QED) is 0.507. The van der Waals surface area contributed by atoms with E-state index in [-0.39, 0.29) is 6.10 Å². The van der Waals surface area contributed by atoms with E-state index < -0.39 is 0 Å². The minimum absolute atomic E-state index is 0.271. The molecule has 166 valence electrons. The van der Waals surface area contributed by atoms with Gasteiger partial charge in [0, 0.05) is 30.8 Å². The summed E-state index contributed by atoms with van der Waals surface area (Å²) in [6.45, 7) is 2.27. The lowest BCUT2D eigenvalue weighted by Gasteiger charge is -2.44. The van der Waals surface area contributed by atoms with E-state index in [9.17, 15) is 0 Å². The molecule has 0 radical (unpaired) electrons. The van der Waals surface area contributed by atoms with Crippen molar-refractivity contribution in [2.75, 3.05) is 13.1 Å². The van der Waals surface area contributed by atoms with Crippen LogP contribution in [-0.4, -0.2) is 38.7 Å². The Bertz CT molecular complexity index is 1320. The number of fused-ring (bicyclic) bond motifs is 3. The van der Waals surface area contributed by atoms with Gasteiger partial charge in [0.25, 0.3) is 0 Å². The molecule has 33 heavy (non-hydrogen) atoms. The van der Waals surface area contributed by atoms with Gasteiger partial charge >= 0.3 is 0 Å². The minimum atomic E-state index is 0.271. The van der Waals surface area contributed by atoms with Gasteiger partial charge < -0.3 is 14.6 Å². The Kier molecular flexibility index (Phi) is 4.31. The van der Waals surface area contributed by atoms with Gasteiger partial charge in [0.05, 0.1) is 11.7 Å². The van der Waals surface area contributed by atoms with Gasteiger partial charge in [0.1, 0.15) is 17.4 Å². The number of ether oxygens (including phenoxy) is 1. The number of benzene rings is 1. The highest BCUT2D eigenvalue weighted by atomic mass is 16.5. The summed E-state index contributed by atoms with van der Waals surface area (Å²) in [5.41, 5.74) is 5.67. The van der Waals surface area contributed by atoms with Gasteiger partial charge in [-0.15, -0.1) is 0 Å². The highest BCUT2D eigenvalue weighted by Crippen LogP contribution is 2.47. The molecule has 0 unspecified atom stereocenters. The van der Waals surface area contributed by atoms with Gasteiger partial charge in [0.15, 0.2) is 5.65 Å². The number of nitrogens with zero attached hydrogens (tertiary/aromatic N) is 4. The van der Waals surface area contributed by atoms with Gasteiger partial charge in [-0.2, -0.15) is 0 Å². The van der Waals surface area contributed by atoms with Gasteiger partial charge in [-0.1, -0.05) is 30.3 Å². The molecule has 0 amide bonds.